The number of nitrogen functional groups attached to an aromatic ring is 1. The summed E-state index contributed by atoms with van der Waals surface area (Å²) in [6.45, 7) is 4.36. The Morgan fingerprint density at radius 2 is 1.88 bits per heavy atom. The minimum atomic E-state index is 0.519. The molecule has 0 aliphatic carbocycles. The molecule has 0 spiro atoms. The van der Waals surface area contributed by atoms with Gasteiger partial charge in [0.25, 0.3) is 0 Å². The number of anilines is 3. The van der Waals surface area contributed by atoms with Gasteiger partial charge in [-0.25, -0.2) is 4.98 Å². The van der Waals surface area contributed by atoms with E-state index in [1.165, 1.54) is 5.56 Å². The van der Waals surface area contributed by atoms with Crippen LogP contribution in [0.5, 0.6) is 0 Å². The van der Waals surface area contributed by atoms with Crippen LogP contribution < -0.4 is 11.1 Å². The Balaban J connectivity index is 2.21. The molecule has 0 saturated carbocycles. The van der Waals surface area contributed by atoms with E-state index in [0.29, 0.717) is 11.7 Å². The van der Waals surface area contributed by atoms with Crippen LogP contribution in [0, 0.1) is 0 Å². The minimum Gasteiger partial charge on any atom is -0.384 e. The highest BCUT2D eigenvalue weighted by atomic mass is 15.0. The van der Waals surface area contributed by atoms with Gasteiger partial charge in [0.15, 0.2) is 0 Å². The average molecular weight is 227 g/mol. The molecule has 1 aromatic carbocycles. The maximum Gasteiger partial charge on any atom is 0.132 e. The van der Waals surface area contributed by atoms with Crippen LogP contribution in [0.25, 0.3) is 0 Å². The van der Waals surface area contributed by atoms with Gasteiger partial charge in [-0.2, -0.15) is 0 Å². The second-order valence-electron chi connectivity index (χ2n) is 4.35. The molecule has 3 N–H and O–H groups in total. The molecular formula is C14H17N3. The second kappa shape index (κ2) is 4.87. The molecule has 0 radical (unpaired) electrons. The Hall–Kier alpha value is -2.03. The number of nitrogens with two attached hydrogens (primary N) is 1. The van der Waals surface area contributed by atoms with Gasteiger partial charge in [0.2, 0.25) is 0 Å². The zero-order valence-electron chi connectivity index (χ0n) is 10.1. The van der Waals surface area contributed by atoms with Gasteiger partial charge < -0.3 is 11.1 Å². The number of nitrogens with zero attached hydrogens (tertiary/aromatic N) is 1. The number of hydrogen-bond donors (Lipinski definition) is 2. The van der Waals surface area contributed by atoms with Crippen LogP contribution in [0.2, 0.25) is 0 Å². The third kappa shape index (κ3) is 2.97. The topological polar surface area (TPSA) is 50.9 Å². The third-order valence-corrected chi connectivity index (χ3v) is 2.60. The van der Waals surface area contributed by atoms with Gasteiger partial charge >= 0.3 is 0 Å². The molecule has 17 heavy (non-hydrogen) atoms. The van der Waals surface area contributed by atoms with E-state index >= 15 is 0 Å². The predicted molar refractivity (Wildman–Crippen MR) is 72.5 cm³/mol. The summed E-state index contributed by atoms with van der Waals surface area (Å²) < 4.78 is 0. The van der Waals surface area contributed by atoms with Gasteiger partial charge in [-0.3, -0.25) is 0 Å². The van der Waals surface area contributed by atoms with E-state index in [1.807, 2.05) is 24.3 Å². The van der Waals surface area contributed by atoms with Gasteiger partial charge in [0, 0.05) is 5.69 Å². The summed E-state index contributed by atoms with van der Waals surface area (Å²) in [5.74, 6) is 1.81. The maximum absolute atomic E-state index is 5.64. The lowest BCUT2D eigenvalue weighted by molar-refractivity contribution is 0.867. The standard InChI is InChI=1S/C14H17N3/c1-10(2)11-5-3-6-12(9-11)16-14-8-4-7-13(15)17-14/h3-10H,1-2H3,(H3,15,16,17). The predicted octanol–water partition coefficient (Wildman–Crippen LogP) is 3.53. The van der Waals surface area contributed by atoms with Crippen LogP contribution in [-0.4, -0.2) is 4.98 Å². The lowest BCUT2D eigenvalue weighted by Crippen LogP contribution is -1.97. The fourth-order valence-corrected chi connectivity index (χ4v) is 1.64. The third-order valence-electron chi connectivity index (χ3n) is 2.60. The summed E-state index contributed by atoms with van der Waals surface area (Å²) in [4.78, 5) is 4.21. The summed E-state index contributed by atoms with van der Waals surface area (Å²) in [7, 11) is 0. The SMILES string of the molecule is CC(C)c1cccc(Nc2cccc(N)n2)c1. The van der Waals surface area contributed by atoms with Crippen molar-refractivity contribution >= 4 is 17.3 Å². The molecule has 88 valence electrons. The molecule has 0 amide bonds. The molecule has 0 saturated heterocycles. The number of nitrogens with one attached hydrogen (secondary N) is 1. The highest BCUT2D eigenvalue weighted by molar-refractivity contribution is 5.58. The van der Waals surface area contributed by atoms with Crippen LogP contribution >= 0.6 is 0 Å². The van der Waals surface area contributed by atoms with Gasteiger partial charge in [-0.15, -0.1) is 0 Å². The van der Waals surface area contributed by atoms with E-state index in [0.717, 1.165) is 11.5 Å². The fraction of sp³-hybridized carbons (Fsp3) is 0.214. The molecule has 0 aliphatic heterocycles. The summed E-state index contributed by atoms with van der Waals surface area (Å²) in [5, 5.41) is 3.25. The molecule has 1 heterocycles. The van der Waals surface area contributed by atoms with Crippen LogP contribution in [0.4, 0.5) is 17.3 Å². The normalized spacial score (nSPS) is 10.5. The molecular weight excluding hydrogens is 210 g/mol. The zero-order valence-corrected chi connectivity index (χ0v) is 10.1. The van der Waals surface area contributed by atoms with E-state index in [9.17, 15) is 0 Å². The first-order chi connectivity index (χ1) is 8.15. The quantitative estimate of drug-likeness (QED) is 0.843. The van der Waals surface area contributed by atoms with E-state index < -0.39 is 0 Å². The lowest BCUT2D eigenvalue weighted by atomic mass is 10.0. The van der Waals surface area contributed by atoms with E-state index in [-0.39, 0.29) is 0 Å². The Morgan fingerprint density at radius 3 is 2.59 bits per heavy atom. The van der Waals surface area contributed by atoms with Gasteiger partial charge in [-0.1, -0.05) is 32.0 Å². The summed E-state index contributed by atoms with van der Waals surface area (Å²) >= 11 is 0. The smallest absolute Gasteiger partial charge is 0.132 e. The van der Waals surface area contributed by atoms with Gasteiger partial charge in [0.1, 0.15) is 11.6 Å². The van der Waals surface area contributed by atoms with Crippen LogP contribution in [-0.2, 0) is 0 Å². The van der Waals surface area contributed by atoms with Crippen LogP contribution in [0.3, 0.4) is 0 Å². The van der Waals surface area contributed by atoms with Crippen molar-refractivity contribution in [2.24, 2.45) is 0 Å². The molecule has 0 fully saturated rings. The first-order valence-corrected chi connectivity index (χ1v) is 5.74. The molecule has 1 aromatic heterocycles. The molecule has 0 atom stereocenters. The Kier molecular flexibility index (Phi) is 3.28. The average Bonchev–Trinajstić information content (AvgIpc) is 2.29. The van der Waals surface area contributed by atoms with Crippen molar-refractivity contribution in [2.75, 3.05) is 11.1 Å². The molecule has 0 aliphatic rings. The summed E-state index contributed by atoms with van der Waals surface area (Å²) in [6, 6.07) is 13.9. The summed E-state index contributed by atoms with van der Waals surface area (Å²) in [5.41, 5.74) is 7.98. The zero-order chi connectivity index (χ0) is 12.3. The van der Waals surface area contributed by atoms with E-state index in [1.54, 1.807) is 6.07 Å². The Morgan fingerprint density at radius 1 is 1.12 bits per heavy atom. The van der Waals surface area contributed by atoms with E-state index in [4.69, 9.17) is 5.73 Å². The van der Waals surface area contributed by atoms with Crippen LogP contribution in [0.1, 0.15) is 25.3 Å². The highest BCUT2D eigenvalue weighted by Crippen LogP contribution is 2.21. The van der Waals surface area contributed by atoms with Crippen molar-refractivity contribution in [3.63, 3.8) is 0 Å². The Labute approximate surface area is 102 Å². The van der Waals surface area contributed by atoms with Crippen molar-refractivity contribution in [1.29, 1.82) is 0 Å². The molecule has 0 unspecified atom stereocenters. The molecule has 2 aromatic rings. The molecule has 2 rings (SSSR count). The van der Waals surface area contributed by atoms with Crippen molar-refractivity contribution < 1.29 is 0 Å². The molecule has 0 bridgehead atoms. The van der Waals surface area contributed by atoms with Gasteiger partial charge in [-0.05, 0) is 35.7 Å². The lowest BCUT2D eigenvalue weighted by Gasteiger charge is -2.10. The maximum atomic E-state index is 5.64. The van der Waals surface area contributed by atoms with Crippen molar-refractivity contribution in [3.05, 3.63) is 48.0 Å². The fourth-order valence-electron chi connectivity index (χ4n) is 1.64. The van der Waals surface area contributed by atoms with E-state index in [2.05, 4.69) is 36.3 Å². The highest BCUT2D eigenvalue weighted by Gasteiger charge is 2.01. The van der Waals surface area contributed by atoms with Crippen molar-refractivity contribution in [2.45, 2.75) is 19.8 Å². The van der Waals surface area contributed by atoms with Gasteiger partial charge in [0.05, 0.1) is 0 Å². The van der Waals surface area contributed by atoms with Crippen LogP contribution in [0.15, 0.2) is 42.5 Å². The monoisotopic (exact) mass is 227 g/mol. The largest absolute Gasteiger partial charge is 0.384 e. The first kappa shape index (κ1) is 11.5. The number of hydrogen-bond acceptors (Lipinski definition) is 3. The second-order valence-corrected chi connectivity index (χ2v) is 4.35. The number of benzene rings is 1. The minimum absolute atomic E-state index is 0.519. The summed E-state index contributed by atoms with van der Waals surface area (Å²) in [6.07, 6.45) is 0. The number of aromatic nitrogens is 1. The first-order valence-electron chi connectivity index (χ1n) is 5.74. The molecule has 3 nitrogen and oxygen atoms in total. The Bertz CT molecular complexity index is 506. The van der Waals surface area contributed by atoms with Crippen molar-refractivity contribution in [1.82, 2.24) is 4.98 Å². The number of pyridine rings is 1. The number of rotatable bonds is 3. The van der Waals surface area contributed by atoms with Crippen molar-refractivity contribution in [3.8, 4) is 0 Å². The molecule has 3 heteroatoms.